The van der Waals surface area contributed by atoms with Gasteiger partial charge in [-0.1, -0.05) is 5.92 Å². The molecular weight excluding hydrogens is 400 g/mol. The average Bonchev–Trinajstić information content (AvgIpc) is 2.78. The average molecular weight is 423 g/mol. The Bertz CT molecular complexity index is 1070. The van der Waals surface area contributed by atoms with Crippen molar-refractivity contribution >= 4 is 21.6 Å². The molecule has 3 rings (SSSR count). The first-order chi connectivity index (χ1) is 14.4. The summed E-state index contributed by atoms with van der Waals surface area (Å²) in [4.78, 5) is 14.8. The summed E-state index contributed by atoms with van der Waals surface area (Å²) in [7, 11) is -3.68. The lowest BCUT2D eigenvalue weighted by Crippen LogP contribution is -2.44. The van der Waals surface area contributed by atoms with Crippen LogP contribution in [-0.4, -0.2) is 40.0 Å². The molecule has 2 N–H and O–H groups in total. The minimum Gasteiger partial charge on any atom is -0.371 e. The molecular formula is C22H22N4O3S. The van der Waals surface area contributed by atoms with Gasteiger partial charge in [0.15, 0.2) is 0 Å². The molecule has 1 fully saturated rings. The summed E-state index contributed by atoms with van der Waals surface area (Å²) in [6.07, 6.45) is 6.67. The van der Waals surface area contributed by atoms with Gasteiger partial charge < -0.3 is 10.2 Å². The van der Waals surface area contributed by atoms with E-state index in [1.165, 1.54) is 24.3 Å². The number of hydrogen-bond acceptors (Lipinski definition) is 5. The Labute approximate surface area is 176 Å². The number of nitriles is 1. The van der Waals surface area contributed by atoms with Gasteiger partial charge in [0, 0.05) is 30.4 Å². The van der Waals surface area contributed by atoms with E-state index in [-0.39, 0.29) is 23.4 Å². The fraction of sp³-hybridized carbons (Fsp3) is 0.273. The summed E-state index contributed by atoms with van der Waals surface area (Å²) >= 11 is 0. The topological polar surface area (TPSA) is 102 Å². The third kappa shape index (κ3) is 5.18. The molecule has 0 saturated carbocycles. The number of carbonyl (C=O) groups is 1. The Kier molecular flexibility index (Phi) is 6.73. The number of benzene rings is 2. The van der Waals surface area contributed by atoms with Crippen molar-refractivity contribution in [2.45, 2.75) is 23.8 Å². The smallest absolute Gasteiger partial charge is 0.251 e. The first kappa shape index (κ1) is 21.4. The van der Waals surface area contributed by atoms with Gasteiger partial charge in [0.1, 0.15) is 0 Å². The molecule has 30 heavy (non-hydrogen) atoms. The predicted octanol–water partition coefficient (Wildman–Crippen LogP) is 1.87. The van der Waals surface area contributed by atoms with Crippen LogP contribution in [0.1, 0.15) is 28.8 Å². The third-order valence-electron chi connectivity index (χ3n) is 4.98. The molecule has 0 atom stereocenters. The van der Waals surface area contributed by atoms with Gasteiger partial charge in [-0.05, 0) is 61.4 Å². The number of nitrogens with zero attached hydrogens (tertiary/aromatic N) is 2. The van der Waals surface area contributed by atoms with Crippen molar-refractivity contribution in [1.82, 2.24) is 10.0 Å². The Balaban J connectivity index is 1.54. The second kappa shape index (κ2) is 9.45. The molecule has 1 aliphatic rings. The highest BCUT2D eigenvalue weighted by atomic mass is 32.2. The molecule has 0 aliphatic carbocycles. The highest BCUT2D eigenvalue weighted by molar-refractivity contribution is 7.89. The van der Waals surface area contributed by atoms with Crippen molar-refractivity contribution < 1.29 is 13.2 Å². The zero-order chi connectivity index (χ0) is 21.6. The van der Waals surface area contributed by atoms with E-state index in [1.54, 1.807) is 12.1 Å². The van der Waals surface area contributed by atoms with Crippen LogP contribution in [0.25, 0.3) is 0 Å². The van der Waals surface area contributed by atoms with E-state index in [0.29, 0.717) is 11.1 Å². The molecule has 1 heterocycles. The zero-order valence-corrected chi connectivity index (χ0v) is 17.2. The van der Waals surface area contributed by atoms with E-state index in [4.69, 9.17) is 11.7 Å². The van der Waals surface area contributed by atoms with Gasteiger partial charge in [0.2, 0.25) is 10.0 Å². The lowest BCUT2D eigenvalue weighted by molar-refractivity contribution is 0.0931. The van der Waals surface area contributed by atoms with Gasteiger partial charge in [-0.15, -0.1) is 6.42 Å². The largest absolute Gasteiger partial charge is 0.371 e. The zero-order valence-electron chi connectivity index (χ0n) is 16.3. The minimum atomic E-state index is -3.68. The van der Waals surface area contributed by atoms with Gasteiger partial charge in [-0.3, -0.25) is 4.79 Å². The van der Waals surface area contributed by atoms with Crippen molar-refractivity contribution in [1.29, 1.82) is 5.26 Å². The molecule has 7 nitrogen and oxygen atoms in total. The molecule has 1 saturated heterocycles. The molecule has 8 heteroatoms. The first-order valence-corrected chi connectivity index (χ1v) is 11.0. The number of rotatable bonds is 6. The van der Waals surface area contributed by atoms with Gasteiger partial charge in [0.05, 0.1) is 23.1 Å². The predicted molar refractivity (Wildman–Crippen MR) is 114 cm³/mol. The van der Waals surface area contributed by atoms with Crippen LogP contribution in [0.3, 0.4) is 0 Å². The number of amides is 1. The lowest BCUT2D eigenvalue weighted by atomic mass is 10.0. The molecule has 154 valence electrons. The van der Waals surface area contributed by atoms with Gasteiger partial charge in [-0.2, -0.15) is 9.98 Å². The van der Waals surface area contributed by atoms with Crippen LogP contribution in [0.2, 0.25) is 0 Å². The molecule has 0 spiro atoms. The normalized spacial score (nSPS) is 14.5. The SMILES string of the molecule is C#CCNS(=O)(=O)c1ccc(C(=O)NC2CCN(c3ccc(C#N)cc3)CC2)cc1. The molecule has 0 bridgehead atoms. The lowest BCUT2D eigenvalue weighted by Gasteiger charge is -2.34. The van der Waals surface area contributed by atoms with E-state index in [1.807, 2.05) is 12.1 Å². The number of terminal acetylenes is 1. The maximum atomic E-state index is 12.5. The van der Waals surface area contributed by atoms with Crippen LogP contribution in [0.15, 0.2) is 53.4 Å². The highest BCUT2D eigenvalue weighted by Crippen LogP contribution is 2.21. The highest BCUT2D eigenvalue weighted by Gasteiger charge is 2.22. The van der Waals surface area contributed by atoms with Crippen LogP contribution in [0.4, 0.5) is 5.69 Å². The summed E-state index contributed by atoms with van der Waals surface area (Å²) in [6.45, 7) is 1.51. The minimum absolute atomic E-state index is 0.0489. The summed E-state index contributed by atoms with van der Waals surface area (Å²) < 4.78 is 26.4. The van der Waals surface area contributed by atoms with E-state index >= 15 is 0 Å². The fourth-order valence-electron chi connectivity index (χ4n) is 3.30. The molecule has 1 aliphatic heterocycles. The van der Waals surface area contributed by atoms with Crippen LogP contribution >= 0.6 is 0 Å². The third-order valence-corrected chi connectivity index (χ3v) is 6.40. The van der Waals surface area contributed by atoms with Gasteiger partial charge in [-0.25, -0.2) is 8.42 Å². The molecule has 1 amide bonds. The second-order valence-electron chi connectivity index (χ2n) is 6.95. The number of piperidine rings is 1. The molecule has 2 aromatic carbocycles. The van der Waals surface area contributed by atoms with E-state index in [9.17, 15) is 13.2 Å². The Morgan fingerprint density at radius 3 is 2.30 bits per heavy atom. The van der Waals surface area contributed by atoms with Crippen molar-refractivity contribution in [3.8, 4) is 18.4 Å². The fourth-order valence-corrected chi connectivity index (χ4v) is 4.24. The standard InChI is InChI=1S/C22H22N4O3S/c1-2-13-24-30(28,29)21-9-5-18(6-10-21)22(27)25-19-11-14-26(15-12-19)20-7-3-17(16-23)4-8-20/h1,3-10,19,24H,11-15H2,(H,25,27). The Morgan fingerprint density at radius 2 is 1.73 bits per heavy atom. The van der Waals surface area contributed by atoms with E-state index in [2.05, 4.69) is 26.9 Å². The van der Waals surface area contributed by atoms with E-state index < -0.39 is 10.0 Å². The maximum Gasteiger partial charge on any atom is 0.251 e. The van der Waals surface area contributed by atoms with Gasteiger partial charge >= 0.3 is 0 Å². The van der Waals surface area contributed by atoms with Crippen LogP contribution < -0.4 is 14.9 Å². The number of anilines is 1. The van der Waals surface area contributed by atoms with Gasteiger partial charge in [0.25, 0.3) is 5.91 Å². The molecule has 2 aromatic rings. The number of nitrogens with one attached hydrogen (secondary N) is 2. The molecule has 0 unspecified atom stereocenters. The Hall–Kier alpha value is -3.33. The molecule has 0 aromatic heterocycles. The first-order valence-electron chi connectivity index (χ1n) is 9.52. The summed E-state index contributed by atoms with van der Waals surface area (Å²) in [5, 5.41) is 11.9. The summed E-state index contributed by atoms with van der Waals surface area (Å²) in [5.41, 5.74) is 2.10. The van der Waals surface area contributed by atoms with Crippen molar-refractivity contribution in [2.75, 3.05) is 24.5 Å². The van der Waals surface area contributed by atoms with Crippen molar-refractivity contribution in [3.63, 3.8) is 0 Å². The van der Waals surface area contributed by atoms with E-state index in [0.717, 1.165) is 31.6 Å². The van der Waals surface area contributed by atoms with Crippen LogP contribution in [0, 0.1) is 23.7 Å². The van der Waals surface area contributed by atoms with Crippen LogP contribution in [-0.2, 0) is 10.0 Å². The van der Waals surface area contributed by atoms with Crippen LogP contribution in [0.5, 0.6) is 0 Å². The number of hydrogen-bond donors (Lipinski definition) is 2. The van der Waals surface area contributed by atoms with Crippen molar-refractivity contribution in [2.24, 2.45) is 0 Å². The van der Waals surface area contributed by atoms with Crippen molar-refractivity contribution in [3.05, 3.63) is 59.7 Å². The second-order valence-corrected chi connectivity index (χ2v) is 8.71. The number of carbonyl (C=O) groups excluding carboxylic acids is 1. The summed E-state index contributed by atoms with van der Waals surface area (Å²) in [5.74, 6) is 1.99. The molecule has 0 radical (unpaired) electrons. The maximum absolute atomic E-state index is 12.5. The quantitative estimate of drug-likeness (QED) is 0.692. The monoisotopic (exact) mass is 422 g/mol. The number of sulfonamides is 1. The summed E-state index contributed by atoms with van der Waals surface area (Å²) in [6, 6.07) is 15.4. The Morgan fingerprint density at radius 1 is 1.10 bits per heavy atom.